The largest absolute Gasteiger partial charge is 0.465 e. The Morgan fingerprint density at radius 3 is 1.85 bits per heavy atom. The molecule has 1 atom stereocenters. The summed E-state index contributed by atoms with van der Waals surface area (Å²) >= 11 is 0. The Labute approximate surface area is 120 Å². The average molecular weight is 272 g/mol. The van der Waals surface area contributed by atoms with E-state index in [2.05, 4.69) is 0 Å². The van der Waals surface area contributed by atoms with E-state index >= 15 is 0 Å². The highest BCUT2D eigenvalue weighted by molar-refractivity contribution is 5.22. The third-order valence-electron chi connectivity index (χ3n) is 2.60. The molecule has 0 saturated carbocycles. The Morgan fingerprint density at radius 1 is 0.800 bits per heavy atom. The molecule has 3 nitrogen and oxygen atoms in total. The Hall–Kier alpha value is -2.00. The quantitative estimate of drug-likeness (QED) is 0.736. The molecule has 0 N–H and O–H groups in total. The molecule has 3 heteroatoms. The fourth-order valence-electron chi connectivity index (χ4n) is 1.91. The van der Waals surface area contributed by atoms with Crippen LogP contribution < -0.4 is 9.47 Å². The monoisotopic (exact) mass is 272 g/mol. The molecular formula is C17H20O3. The van der Waals surface area contributed by atoms with Crippen LogP contribution in [0.3, 0.4) is 0 Å². The van der Waals surface area contributed by atoms with Gasteiger partial charge in [-0.25, -0.2) is 0 Å². The zero-order chi connectivity index (χ0) is 14.4. The number of rotatable bonds is 6. The van der Waals surface area contributed by atoms with Crippen molar-refractivity contribution in [3.63, 3.8) is 0 Å². The van der Waals surface area contributed by atoms with Crippen LogP contribution in [0.2, 0.25) is 0 Å². The topological polar surface area (TPSA) is 27.7 Å². The minimum atomic E-state index is -0.768. The molecule has 0 saturated heterocycles. The summed E-state index contributed by atoms with van der Waals surface area (Å²) in [5.74, 6) is 0.773. The van der Waals surface area contributed by atoms with Gasteiger partial charge in [0.05, 0.1) is 0 Å². The van der Waals surface area contributed by atoms with Gasteiger partial charge in [0.15, 0.2) is 0 Å². The van der Waals surface area contributed by atoms with Gasteiger partial charge in [-0.05, 0) is 31.2 Å². The normalized spacial score (nSPS) is 12.8. The average Bonchev–Trinajstić information content (AvgIpc) is 2.39. The van der Waals surface area contributed by atoms with E-state index in [4.69, 9.17) is 14.2 Å². The first-order valence-corrected chi connectivity index (χ1v) is 6.69. The molecule has 0 spiro atoms. The van der Waals surface area contributed by atoms with Crippen molar-refractivity contribution in [1.29, 1.82) is 0 Å². The first-order chi connectivity index (χ1) is 9.55. The van der Waals surface area contributed by atoms with Crippen LogP contribution in [0.25, 0.3) is 0 Å². The van der Waals surface area contributed by atoms with Gasteiger partial charge < -0.3 is 14.2 Å². The molecule has 0 aliphatic heterocycles. The lowest BCUT2D eigenvalue weighted by Crippen LogP contribution is -2.37. The van der Waals surface area contributed by atoms with Crippen LogP contribution >= 0.6 is 0 Å². The Bertz CT molecular complexity index is 508. The van der Waals surface area contributed by atoms with Crippen LogP contribution in [0.5, 0.6) is 11.5 Å². The molecule has 0 amide bonds. The van der Waals surface area contributed by atoms with Gasteiger partial charge in [-0.3, -0.25) is 0 Å². The second kappa shape index (κ2) is 6.44. The Kier molecular flexibility index (Phi) is 4.64. The molecule has 2 rings (SSSR count). The molecule has 0 fully saturated rings. The van der Waals surface area contributed by atoms with E-state index in [1.165, 1.54) is 0 Å². The predicted octanol–water partition coefficient (Wildman–Crippen LogP) is 4.24. The van der Waals surface area contributed by atoms with Gasteiger partial charge in [0.1, 0.15) is 11.5 Å². The third-order valence-corrected chi connectivity index (χ3v) is 2.60. The highest BCUT2D eigenvalue weighted by Gasteiger charge is 2.24. The molecule has 20 heavy (non-hydrogen) atoms. The third kappa shape index (κ3) is 4.59. The van der Waals surface area contributed by atoms with Crippen molar-refractivity contribution in [2.45, 2.75) is 32.8 Å². The fraction of sp³-hybridized carbons (Fsp3) is 0.294. The second-order valence-electron chi connectivity index (χ2n) is 4.93. The lowest BCUT2D eigenvalue weighted by Gasteiger charge is -2.29. The molecule has 0 aliphatic carbocycles. The van der Waals surface area contributed by atoms with E-state index in [0.717, 1.165) is 11.5 Å². The van der Waals surface area contributed by atoms with Crippen LogP contribution in [0.1, 0.15) is 20.8 Å². The van der Waals surface area contributed by atoms with Crippen molar-refractivity contribution in [1.82, 2.24) is 0 Å². The molecule has 0 heterocycles. The molecule has 0 bridgehead atoms. The van der Waals surface area contributed by atoms with E-state index < -0.39 is 12.1 Å². The molecule has 0 aromatic heterocycles. The van der Waals surface area contributed by atoms with Gasteiger partial charge >= 0.3 is 0 Å². The van der Waals surface area contributed by atoms with Gasteiger partial charge in [-0.2, -0.15) is 0 Å². The molecule has 0 radical (unpaired) electrons. The van der Waals surface area contributed by atoms with Crippen LogP contribution in [-0.4, -0.2) is 12.1 Å². The summed E-state index contributed by atoms with van der Waals surface area (Å²) in [6, 6.07) is 19.2. The summed E-state index contributed by atoms with van der Waals surface area (Å²) < 4.78 is 17.3. The first kappa shape index (κ1) is 14.4. The van der Waals surface area contributed by atoms with Crippen LogP contribution in [0.4, 0.5) is 0 Å². The van der Waals surface area contributed by atoms with Gasteiger partial charge in [0.25, 0.3) is 0 Å². The van der Waals surface area contributed by atoms with Gasteiger partial charge in [-0.1, -0.05) is 36.4 Å². The number of benzene rings is 2. The van der Waals surface area contributed by atoms with E-state index in [1.807, 2.05) is 81.4 Å². The molecule has 1 unspecified atom stereocenters. The summed E-state index contributed by atoms with van der Waals surface area (Å²) in [5.41, 5.74) is 0. The fourth-order valence-corrected chi connectivity index (χ4v) is 1.91. The maximum absolute atomic E-state index is 5.81. The SMILES string of the molecule is CC(Oc1ccccc1)OC(C)(C)Oc1ccccc1. The summed E-state index contributed by atoms with van der Waals surface area (Å²) in [7, 11) is 0. The van der Waals surface area contributed by atoms with E-state index in [-0.39, 0.29) is 0 Å². The zero-order valence-electron chi connectivity index (χ0n) is 12.1. The van der Waals surface area contributed by atoms with Crippen LogP contribution in [0.15, 0.2) is 60.7 Å². The Balaban J connectivity index is 1.90. The van der Waals surface area contributed by atoms with Gasteiger partial charge in [0.2, 0.25) is 12.1 Å². The summed E-state index contributed by atoms with van der Waals surface area (Å²) in [6.07, 6.45) is -0.406. The summed E-state index contributed by atoms with van der Waals surface area (Å²) in [5, 5.41) is 0. The highest BCUT2D eigenvalue weighted by Crippen LogP contribution is 2.21. The standard InChI is InChI=1S/C17H20O3/c1-14(18-15-10-6-4-7-11-15)19-17(2,3)20-16-12-8-5-9-13-16/h4-14H,1-3H3. The van der Waals surface area contributed by atoms with Crippen molar-refractivity contribution in [2.75, 3.05) is 0 Å². The highest BCUT2D eigenvalue weighted by atomic mass is 16.8. The minimum Gasteiger partial charge on any atom is -0.465 e. The van der Waals surface area contributed by atoms with Crippen molar-refractivity contribution in [3.8, 4) is 11.5 Å². The number of ether oxygens (including phenoxy) is 3. The van der Waals surface area contributed by atoms with Crippen molar-refractivity contribution >= 4 is 0 Å². The lowest BCUT2D eigenvalue weighted by molar-refractivity contribution is -0.230. The molecule has 2 aromatic rings. The Morgan fingerprint density at radius 2 is 1.30 bits per heavy atom. The molecule has 106 valence electrons. The maximum atomic E-state index is 5.81. The minimum absolute atomic E-state index is 0.406. The van der Waals surface area contributed by atoms with Crippen LogP contribution in [0, 0.1) is 0 Å². The maximum Gasteiger partial charge on any atom is 0.208 e. The number of hydrogen-bond donors (Lipinski definition) is 0. The molecule has 0 aliphatic rings. The smallest absolute Gasteiger partial charge is 0.208 e. The lowest BCUT2D eigenvalue weighted by atomic mass is 10.3. The van der Waals surface area contributed by atoms with Crippen molar-refractivity contribution < 1.29 is 14.2 Å². The summed E-state index contributed by atoms with van der Waals surface area (Å²) in [6.45, 7) is 5.58. The number of para-hydroxylation sites is 2. The van der Waals surface area contributed by atoms with Crippen molar-refractivity contribution in [3.05, 3.63) is 60.7 Å². The summed E-state index contributed by atoms with van der Waals surface area (Å²) in [4.78, 5) is 0. The van der Waals surface area contributed by atoms with Gasteiger partial charge in [-0.15, -0.1) is 0 Å². The van der Waals surface area contributed by atoms with E-state index in [9.17, 15) is 0 Å². The second-order valence-corrected chi connectivity index (χ2v) is 4.93. The molecular weight excluding hydrogens is 252 g/mol. The van der Waals surface area contributed by atoms with Crippen LogP contribution in [-0.2, 0) is 4.74 Å². The van der Waals surface area contributed by atoms with E-state index in [1.54, 1.807) is 0 Å². The first-order valence-electron chi connectivity index (χ1n) is 6.69. The van der Waals surface area contributed by atoms with Crippen molar-refractivity contribution in [2.24, 2.45) is 0 Å². The zero-order valence-corrected chi connectivity index (χ0v) is 12.1. The molecule has 2 aromatic carbocycles. The van der Waals surface area contributed by atoms with E-state index in [0.29, 0.717) is 0 Å². The predicted molar refractivity (Wildman–Crippen MR) is 78.8 cm³/mol. The van der Waals surface area contributed by atoms with Gasteiger partial charge in [0, 0.05) is 13.8 Å². The number of hydrogen-bond acceptors (Lipinski definition) is 3.